The quantitative estimate of drug-likeness (QED) is 0.732. The second-order valence-electron chi connectivity index (χ2n) is 3.46. The molecule has 0 aromatic carbocycles. The Labute approximate surface area is 101 Å². The van der Waals surface area contributed by atoms with Gasteiger partial charge >= 0.3 is 5.97 Å². The Kier molecular flexibility index (Phi) is 3.23. The van der Waals surface area contributed by atoms with E-state index in [-0.39, 0.29) is 12.3 Å². The molecule has 2 rings (SSSR count). The van der Waals surface area contributed by atoms with E-state index in [0.29, 0.717) is 22.6 Å². The van der Waals surface area contributed by atoms with Gasteiger partial charge in [0.15, 0.2) is 17.0 Å². The van der Waals surface area contributed by atoms with Crippen LogP contribution in [0.1, 0.15) is 13.3 Å². The SMILES string of the molecule is CC1=NC2=NC(SCCC(=O)O)=NC2C(=O)N1. The predicted molar refractivity (Wildman–Crippen MR) is 64.6 cm³/mol. The monoisotopic (exact) mass is 254 g/mol. The van der Waals surface area contributed by atoms with Crippen LogP contribution in [0.3, 0.4) is 0 Å². The van der Waals surface area contributed by atoms with Crippen molar-refractivity contribution in [1.29, 1.82) is 0 Å². The van der Waals surface area contributed by atoms with E-state index in [1.165, 1.54) is 11.8 Å². The molecular formula is C9H10N4O3S. The Hall–Kier alpha value is -1.70. The molecule has 7 nitrogen and oxygen atoms in total. The van der Waals surface area contributed by atoms with Crippen LogP contribution in [0, 0.1) is 0 Å². The minimum Gasteiger partial charge on any atom is -0.481 e. The molecule has 1 atom stereocenters. The average Bonchev–Trinajstić information content (AvgIpc) is 2.60. The molecular weight excluding hydrogens is 244 g/mol. The first-order valence-electron chi connectivity index (χ1n) is 4.93. The second-order valence-corrected chi connectivity index (χ2v) is 4.52. The van der Waals surface area contributed by atoms with E-state index < -0.39 is 12.0 Å². The first kappa shape index (κ1) is 11.8. The summed E-state index contributed by atoms with van der Waals surface area (Å²) in [7, 11) is 0. The summed E-state index contributed by atoms with van der Waals surface area (Å²) in [6.45, 7) is 1.67. The van der Waals surface area contributed by atoms with Gasteiger partial charge in [0.05, 0.1) is 6.42 Å². The number of hydrogen-bond donors (Lipinski definition) is 2. The zero-order valence-electron chi connectivity index (χ0n) is 9.01. The number of carboxylic acid groups (broad SMARTS) is 1. The highest BCUT2D eigenvalue weighted by Crippen LogP contribution is 2.18. The molecule has 0 fully saturated rings. The standard InChI is InChI=1S/C9H10N4O3S/c1-4-10-7-6(8(16)11-4)12-9(13-7)17-3-2-5(14)15/h6H,2-3H2,1H3,(H,14,15)(H,10,11,12,13,16). The van der Waals surface area contributed by atoms with E-state index in [9.17, 15) is 9.59 Å². The van der Waals surface area contributed by atoms with Gasteiger partial charge in [0.25, 0.3) is 5.91 Å². The van der Waals surface area contributed by atoms with Gasteiger partial charge in [-0.25, -0.2) is 15.0 Å². The number of carbonyl (C=O) groups is 2. The minimum atomic E-state index is -0.868. The van der Waals surface area contributed by atoms with Gasteiger partial charge in [0.2, 0.25) is 0 Å². The van der Waals surface area contributed by atoms with E-state index in [1.54, 1.807) is 6.92 Å². The number of carbonyl (C=O) groups excluding carboxylic acids is 1. The fraction of sp³-hybridized carbons (Fsp3) is 0.444. The Bertz CT molecular complexity index is 469. The van der Waals surface area contributed by atoms with E-state index in [0.717, 1.165) is 0 Å². The lowest BCUT2D eigenvalue weighted by Crippen LogP contribution is -2.44. The third kappa shape index (κ3) is 2.70. The van der Waals surface area contributed by atoms with Gasteiger partial charge in [-0.3, -0.25) is 9.59 Å². The van der Waals surface area contributed by atoms with E-state index in [1.807, 2.05) is 0 Å². The molecule has 0 spiro atoms. The number of carboxylic acids is 1. The molecule has 2 aliphatic heterocycles. The fourth-order valence-electron chi connectivity index (χ4n) is 1.36. The van der Waals surface area contributed by atoms with Gasteiger partial charge in [-0.05, 0) is 6.92 Å². The van der Waals surface area contributed by atoms with Crippen LogP contribution >= 0.6 is 11.8 Å². The van der Waals surface area contributed by atoms with Crippen molar-refractivity contribution in [2.24, 2.45) is 15.0 Å². The van der Waals surface area contributed by atoms with Crippen LogP contribution in [0.2, 0.25) is 0 Å². The maximum atomic E-state index is 11.5. The molecule has 0 aromatic rings. The number of aliphatic imine (C=N–C) groups is 3. The molecule has 0 radical (unpaired) electrons. The van der Waals surface area contributed by atoms with Gasteiger partial charge < -0.3 is 10.4 Å². The molecule has 1 unspecified atom stereocenters. The number of amidine groups is 3. The maximum absolute atomic E-state index is 11.5. The van der Waals surface area contributed by atoms with E-state index >= 15 is 0 Å². The fourth-order valence-corrected chi connectivity index (χ4v) is 2.16. The zero-order valence-corrected chi connectivity index (χ0v) is 9.82. The van der Waals surface area contributed by atoms with Crippen LogP contribution in [-0.4, -0.2) is 45.6 Å². The molecule has 90 valence electrons. The first-order chi connectivity index (χ1) is 8.06. The van der Waals surface area contributed by atoms with Crippen molar-refractivity contribution in [3.8, 4) is 0 Å². The predicted octanol–water partition coefficient (Wildman–Crippen LogP) is -0.121. The van der Waals surface area contributed by atoms with Crippen molar-refractivity contribution in [1.82, 2.24) is 5.32 Å². The number of thioether (sulfide) groups is 1. The minimum absolute atomic E-state index is 0.0354. The molecule has 17 heavy (non-hydrogen) atoms. The van der Waals surface area contributed by atoms with Crippen molar-refractivity contribution >= 4 is 40.5 Å². The summed E-state index contributed by atoms with van der Waals surface area (Å²) in [6, 6.07) is -0.675. The molecule has 0 bridgehead atoms. The van der Waals surface area contributed by atoms with Crippen molar-refractivity contribution < 1.29 is 14.7 Å². The summed E-state index contributed by atoms with van der Waals surface area (Å²) in [5.74, 6) is 0.140. The Morgan fingerprint density at radius 2 is 2.29 bits per heavy atom. The molecule has 0 aliphatic carbocycles. The molecule has 0 saturated carbocycles. The summed E-state index contributed by atoms with van der Waals surface area (Å²) in [6.07, 6.45) is 0.0354. The van der Waals surface area contributed by atoms with Crippen LogP contribution in [0.4, 0.5) is 0 Å². The number of nitrogens with one attached hydrogen (secondary N) is 1. The van der Waals surface area contributed by atoms with Gasteiger partial charge in [-0.15, -0.1) is 0 Å². The van der Waals surface area contributed by atoms with Crippen molar-refractivity contribution in [3.63, 3.8) is 0 Å². The van der Waals surface area contributed by atoms with Gasteiger partial charge in [0, 0.05) is 5.75 Å². The number of hydrogen-bond acceptors (Lipinski definition) is 6. The lowest BCUT2D eigenvalue weighted by Gasteiger charge is -2.14. The van der Waals surface area contributed by atoms with Crippen LogP contribution in [0.15, 0.2) is 15.0 Å². The molecule has 2 N–H and O–H groups in total. The highest BCUT2D eigenvalue weighted by Gasteiger charge is 2.33. The smallest absolute Gasteiger partial charge is 0.304 e. The summed E-state index contributed by atoms with van der Waals surface area (Å²) < 4.78 is 0. The lowest BCUT2D eigenvalue weighted by molar-refractivity contribution is -0.136. The first-order valence-corrected chi connectivity index (χ1v) is 5.92. The maximum Gasteiger partial charge on any atom is 0.304 e. The topological polar surface area (TPSA) is 103 Å². The third-order valence-corrected chi connectivity index (χ3v) is 2.94. The molecule has 2 aliphatic rings. The summed E-state index contributed by atoms with van der Waals surface area (Å²) in [4.78, 5) is 34.1. The number of nitrogens with zero attached hydrogens (tertiary/aromatic N) is 3. The number of amides is 1. The largest absolute Gasteiger partial charge is 0.481 e. The van der Waals surface area contributed by atoms with Gasteiger partial charge in [0.1, 0.15) is 5.84 Å². The van der Waals surface area contributed by atoms with Crippen LogP contribution in [0.25, 0.3) is 0 Å². The zero-order chi connectivity index (χ0) is 12.4. The van der Waals surface area contributed by atoms with Crippen LogP contribution < -0.4 is 5.32 Å². The normalized spacial score (nSPS) is 22.3. The molecule has 8 heteroatoms. The van der Waals surface area contributed by atoms with Crippen molar-refractivity contribution in [2.75, 3.05) is 5.75 Å². The average molecular weight is 254 g/mol. The number of rotatable bonds is 3. The van der Waals surface area contributed by atoms with E-state index in [2.05, 4.69) is 20.3 Å². The molecule has 2 heterocycles. The Morgan fingerprint density at radius 1 is 1.53 bits per heavy atom. The summed E-state index contributed by atoms with van der Waals surface area (Å²) in [5, 5.41) is 11.5. The number of aliphatic carboxylic acids is 1. The Morgan fingerprint density at radius 3 is 3.00 bits per heavy atom. The van der Waals surface area contributed by atoms with Crippen LogP contribution in [0.5, 0.6) is 0 Å². The van der Waals surface area contributed by atoms with Crippen molar-refractivity contribution in [2.45, 2.75) is 19.4 Å². The molecule has 0 saturated heterocycles. The third-order valence-electron chi connectivity index (χ3n) is 2.08. The highest BCUT2D eigenvalue weighted by molar-refractivity contribution is 8.13. The lowest BCUT2D eigenvalue weighted by atomic mass is 10.2. The van der Waals surface area contributed by atoms with Crippen LogP contribution in [-0.2, 0) is 9.59 Å². The van der Waals surface area contributed by atoms with Gasteiger partial charge in [-0.2, -0.15) is 0 Å². The van der Waals surface area contributed by atoms with Crippen molar-refractivity contribution in [3.05, 3.63) is 0 Å². The summed E-state index contributed by atoms with van der Waals surface area (Å²) in [5.41, 5.74) is 0. The number of fused-ring (bicyclic) bond motifs is 1. The Balaban J connectivity index is 2.01. The van der Waals surface area contributed by atoms with E-state index in [4.69, 9.17) is 5.11 Å². The highest BCUT2D eigenvalue weighted by atomic mass is 32.2. The molecule has 1 amide bonds. The molecule has 0 aromatic heterocycles. The summed E-state index contributed by atoms with van der Waals surface area (Å²) >= 11 is 1.21. The second kappa shape index (κ2) is 4.66. The van der Waals surface area contributed by atoms with Gasteiger partial charge in [-0.1, -0.05) is 11.8 Å².